The van der Waals surface area contributed by atoms with E-state index < -0.39 is 0 Å². The third-order valence-electron chi connectivity index (χ3n) is 5.50. The molecule has 34 heavy (non-hydrogen) atoms. The Morgan fingerprint density at radius 3 is 2.03 bits per heavy atom. The van der Waals surface area contributed by atoms with Crippen LogP contribution in [0.25, 0.3) is 55.8 Å². The van der Waals surface area contributed by atoms with Crippen LogP contribution in [-0.4, -0.2) is 15.0 Å². The lowest BCUT2D eigenvalue weighted by atomic mass is 9.99. The van der Waals surface area contributed by atoms with Gasteiger partial charge in [0.1, 0.15) is 11.2 Å². The van der Waals surface area contributed by atoms with Gasteiger partial charge in [0.05, 0.1) is 0 Å². The summed E-state index contributed by atoms with van der Waals surface area (Å²) in [6.07, 6.45) is 0. The van der Waals surface area contributed by atoms with Crippen molar-refractivity contribution < 1.29 is 4.42 Å². The van der Waals surface area contributed by atoms with Crippen molar-refractivity contribution in [3.05, 3.63) is 102 Å². The molecule has 5 heteroatoms. The first-order valence-electron chi connectivity index (χ1n) is 11.2. The molecule has 0 saturated carbocycles. The molecule has 4 aromatic carbocycles. The van der Waals surface area contributed by atoms with Crippen LogP contribution in [0.4, 0.5) is 0 Å². The summed E-state index contributed by atoms with van der Waals surface area (Å²) in [5.74, 6) is 1.04. The smallest absolute Gasteiger partial charge is 0.226 e. The number of fused-ring (bicyclic) bond motifs is 3. The van der Waals surface area contributed by atoms with Crippen LogP contribution < -0.4 is 0 Å². The number of rotatable bonds is 3. The first kappa shape index (κ1) is 21.8. The topological polar surface area (TPSA) is 51.8 Å². The maximum atomic E-state index is 6.34. The highest BCUT2D eigenvalue weighted by atomic mass is 35.5. The van der Waals surface area contributed by atoms with Crippen LogP contribution in [0.15, 0.2) is 101 Å². The van der Waals surface area contributed by atoms with Gasteiger partial charge in [0.2, 0.25) is 5.28 Å². The molecule has 2 heterocycles. The lowest BCUT2D eigenvalue weighted by molar-refractivity contribution is 0.669. The molecule has 6 rings (SSSR count). The van der Waals surface area contributed by atoms with Crippen molar-refractivity contribution in [3.8, 4) is 33.9 Å². The minimum Gasteiger partial charge on any atom is -0.456 e. The van der Waals surface area contributed by atoms with Crippen LogP contribution >= 0.6 is 11.6 Å². The summed E-state index contributed by atoms with van der Waals surface area (Å²) in [6, 6.07) is 32.2. The summed E-state index contributed by atoms with van der Waals surface area (Å²) in [5.41, 5.74) is 5.48. The van der Waals surface area contributed by atoms with Gasteiger partial charge in [0.15, 0.2) is 11.6 Å². The van der Waals surface area contributed by atoms with Crippen LogP contribution in [0.1, 0.15) is 13.8 Å². The molecular formula is C29H22ClN3O. The first-order chi connectivity index (χ1) is 16.8. The summed E-state index contributed by atoms with van der Waals surface area (Å²) < 4.78 is 6.03. The van der Waals surface area contributed by atoms with E-state index in [4.69, 9.17) is 21.0 Å². The lowest BCUT2D eigenvalue weighted by Crippen LogP contribution is -1.98. The Kier molecular flexibility index (Phi) is 6.07. The maximum Gasteiger partial charge on any atom is 0.226 e. The first-order valence-corrected chi connectivity index (χ1v) is 11.6. The summed E-state index contributed by atoms with van der Waals surface area (Å²) in [6.45, 7) is 4.00. The Labute approximate surface area is 202 Å². The second-order valence-corrected chi connectivity index (χ2v) is 7.81. The Balaban J connectivity index is 0.00000117. The molecule has 0 saturated heterocycles. The molecule has 0 fully saturated rings. The van der Waals surface area contributed by atoms with E-state index in [1.807, 2.05) is 86.6 Å². The second kappa shape index (κ2) is 9.46. The number of hydrogen-bond acceptors (Lipinski definition) is 4. The normalized spacial score (nSPS) is 10.8. The number of halogens is 1. The molecule has 0 aliphatic carbocycles. The number of hydrogen-bond donors (Lipinski definition) is 0. The molecule has 0 aliphatic heterocycles. The van der Waals surface area contributed by atoms with Gasteiger partial charge in [-0.05, 0) is 40.9 Å². The molecule has 0 N–H and O–H groups in total. The molecule has 0 radical (unpaired) electrons. The fourth-order valence-electron chi connectivity index (χ4n) is 4.01. The van der Waals surface area contributed by atoms with Crippen molar-refractivity contribution in [1.29, 1.82) is 0 Å². The number of furan rings is 1. The minimum absolute atomic E-state index is 0.151. The molecule has 0 amide bonds. The van der Waals surface area contributed by atoms with Crippen molar-refractivity contribution in [2.24, 2.45) is 0 Å². The van der Waals surface area contributed by atoms with Gasteiger partial charge < -0.3 is 4.42 Å². The molecule has 0 unspecified atom stereocenters. The third-order valence-corrected chi connectivity index (χ3v) is 5.67. The average molecular weight is 464 g/mol. The van der Waals surface area contributed by atoms with Crippen molar-refractivity contribution in [2.75, 3.05) is 0 Å². The van der Waals surface area contributed by atoms with Crippen molar-refractivity contribution >= 4 is 33.5 Å². The van der Waals surface area contributed by atoms with Crippen LogP contribution in [0.3, 0.4) is 0 Å². The Hall–Kier alpha value is -4.02. The number of nitrogens with zero attached hydrogens (tertiary/aromatic N) is 3. The van der Waals surface area contributed by atoms with E-state index in [0.29, 0.717) is 11.6 Å². The quantitative estimate of drug-likeness (QED) is 0.264. The highest BCUT2D eigenvalue weighted by molar-refractivity contribution is 6.28. The van der Waals surface area contributed by atoms with Crippen molar-refractivity contribution in [2.45, 2.75) is 13.8 Å². The molecule has 2 aromatic heterocycles. The molecule has 0 aliphatic rings. The van der Waals surface area contributed by atoms with E-state index in [-0.39, 0.29) is 5.28 Å². The summed E-state index contributed by atoms with van der Waals surface area (Å²) in [4.78, 5) is 13.6. The predicted molar refractivity (Wildman–Crippen MR) is 140 cm³/mol. The zero-order valence-electron chi connectivity index (χ0n) is 18.9. The van der Waals surface area contributed by atoms with E-state index in [9.17, 15) is 0 Å². The molecule has 166 valence electrons. The molecule has 0 spiro atoms. The van der Waals surface area contributed by atoms with Gasteiger partial charge in [-0.25, -0.2) is 4.98 Å². The van der Waals surface area contributed by atoms with Crippen LogP contribution in [0.5, 0.6) is 0 Å². The summed E-state index contributed by atoms with van der Waals surface area (Å²) >= 11 is 6.34. The number of aromatic nitrogens is 3. The lowest BCUT2D eigenvalue weighted by Gasteiger charge is -2.10. The van der Waals surface area contributed by atoms with Crippen LogP contribution in [-0.2, 0) is 0 Å². The molecule has 0 atom stereocenters. The Morgan fingerprint density at radius 2 is 1.21 bits per heavy atom. The Bertz CT molecular complexity index is 1590. The van der Waals surface area contributed by atoms with Gasteiger partial charge in [0.25, 0.3) is 0 Å². The number of para-hydroxylation sites is 1. The van der Waals surface area contributed by atoms with E-state index in [1.165, 1.54) is 0 Å². The molecule has 6 aromatic rings. The van der Waals surface area contributed by atoms with Gasteiger partial charge in [-0.15, -0.1) is 0 Å². The van der Waals surface area contributed by atoms with Gasteiger partial charge >= 0.3 is 0 Å². The molecular weight excluding hydrogens is 442 g/mol. The van der Waals surface area contributed by atoms with E-state index >= 15 is 0 Å². The third kappa shape index (κ3) is 4.04. The molecule has 4 nitrogen and oxygen atoms in total. The van der Waals surface area contributed by atoms with Crippen LogP contribution in [0, 0.1) is 0 Å². The average Bonchev–Trinajstić information content (AvgIpc) is 3.28. The van der Waals surface area contributed by atoms with E-state index in [1.54, 1.807) is 0 Å². The van der Waals surface area contributed by atoms with Crippen molar-refractivity contribution in [1.82, 2.24) is 15.0 Å². The summed E-state index contributed by atoms with van der Waals surface area (Å²) in [5, 5.41) is 2.29. The van der Waals surface area contributed by atoms with Gasteiger partial charge in [-0.1, -0.05) is 92.7 Å². The van der Waals surface area contributed by atoms with Crippen molar-refractivity contribution in [3.63, 3.8) is 0 Å². The molecule has 0 bridgehead atoms. The highest BCUT2D eigenvalue weighted by Crippen LogP contribution is 2.33. The fourth-order valence-corrected chi connectivity index (χ4v) is 4.17. The highest BCUT2D eigenvalue weighted by Gasteiger charge is 2.15. The van der Waals surface area contributed by atoms with Gasteiger partial charge in [-0.3, -0.25) is 0 Å². The second-order valence-electron chi connectivity index (χ2n) is 7.47. The standard InChI is InChI=1S/C27H16ClN3O.C2H6/c28-27-30-25(18-14-15-21-20-11-6-7-13-23(20)32-24(21)16-18)29-26(31-27)22-12-5-4-10-19(22)17-8-2-1-3-9-17;1-2/h1-16H;1-2H3. The van der Waals surface area contributed by atoms with Gasteiger partial charge in [-0.2, -0.15) is 9.97 Å². The van der Waals surface area contributed by atoms with E-state index in [0.717, 1.165) is 44.2 Å². The number of benzene rings is 4. The predicted octanol–water partition coefficient (Wildman–Crippen LogP) is 8.45. The van der Waals surface area contributed by atoms with Crippen LogP contribution in [0.2, 0.25) is 5.28 Å². The van der Waals surface area contributed by atoms with Gasteiger partial charge in [0, 0.05) is 21.9 Å². The maximum absolute atomic E-state index is 6.34. The minimum atomic E-state index is 0.151. The summed E-state index contributed by atoms with van der Waals surface area (Å²) in [7, 11) is 0. The van der Waals surface area contributed by atoms with E-state index in [2.05, 4.69) is 34.2 Å². The zero-order valence-corrected chi connectivity index (χ0v) is 19.6. The zero-order chi connectivity index (χ0) is 23.5. The SMILES string of the molecule is CC.Clc1nc(-c2ccc3c(c2)oc2ccccc23)nc(-c2ccccc2-c2ccccc2)n1. The largest absolute Gasteiger partial charge is 0.456 e. The Morgan fingerprint density at radius 1 is 0.559 bits per heavy atom. The fraction of sp³-hybridized carbons (Fsp3) is 0.0690. The monoisotopic (exact) mass is 463 g/mol.